The Morgan fingerprint density at radius 3 is 2.62 bits per heavy atom. The minimum absolute atomic E-state index is 0.285. The molecule has 0 aliphatic rings. The number of ether oxygens (including phenoxy) is 1. The molecular weight excluding hydrogens is 238 g/mol. The molecule has 0 aliphatic carbocycles. The van der Waals surface area contributed by atoms with E-state index in [4.69, 9.17) is 4.74 Å². The number of methoxy groups -OCH3 is 1. The Hall–Kier alpha value is -0.840. The molecule has 1 atom stereocenters. The molecule has 0 aliphatic heterocycles. The first-order valence-corrected chi connectivity index (χ1v) is 6.80. The predicted octanol–water partition coefficient (Wildman–Crippen LogP) is 3.44. The second-order valence-corrected chi connectivity index (χ2v) is 5.82. The van der Waals surface area contributed by atoms with Gasteiger partial charge in [-0.25, -0.2) is 0 Å². The monoisotopic (exact) mass is 253 g/mol. The lowest BCUT2D eigenvalue weighted by Crippen LogP contribution is -2.14. The summed E-state index contributed by atoms with van der Waals surface area (Å²) in [5.41, 5.74) is 0. The highest BCUT2D eigenvalue weighted by Crippen LogP contribution is 2.33. The average Bonchev–Trinajstić information content (AvgIpc) is 2.89. The van der Waals surface area contributed by atoms with Crippen molar-refractivity contribution < 1.29 is 4.74 Å². The Labute approximate surface area is 104 Å². The third kappa shape index (κ3) is 2.29. The van der Waals surface area contributed by atoms with Crippen molar-refractivity contribution >= 4 is 22.7 Å². The van der Waals surface area contributed by atoms with Crippen LogP contribution >= 0.6 is 22.7 Å². The van der Waals surface area contributed by atoms with Crippen molar-refractivity contribution in [1.82, 2.24) is 5.32 Å². The molecule has 1 N–H and O–H groups in total. The molecule has 2 aromatic heterocycles. The van der Waals surface area contributed by atoms with Gasteiger partial charge in [-0.2, -0.15) is 0 Å². The molecule has 0 saturated heterocycles. The molecule has 0 spiro atoms. The van der Waals surface area contributed by atoms with E-state index < -0.39 is 0 Å². The van der Waals surface area contributed by atoms with E-state index in [-0.39, 0.29) is 6.04 Å². The van der Waals surface area contributed by atoms with Crippen molar-refractivity contribution in [2.45, 2.75) is 13.0 Å². The molecule has 0 amide bonds. The van der Waals surface area contributed by atoms with Gasteiger partial charge in [0.1, 0.15) is 5.75 Å². The largest absolute Gasteiger partial charge is 0.496 e. The molecule has 2 rings (SSSR count). The lowest BCUT2D eigenvalue weighted by molar-refractivity contribution is 0.416. The molecular formula is C12H15NOS2. The Bertz CT molecular complexity index is 461. The maximum Gasteiger partial charge on any atom is 0.129 e. The molecule has 86 valence electrons. The van der Waals surface area contributed by atoms with E-state index in [0.717, 1.165) is 5.75 Å². The van der Waals surface area contributed by atoms with Crippen LogP contribution in [0.25, 0.3) is 0 Å². The third-order valence-corrected chi connectivity index (χ3v) is 4.49. The first-order valence-electron chi connectivity index (χ1n) is 5.10. The van der Waals surface area contributed by atoms with Crippen LogP contribution in [0.2, 0.25) is 0 Å². The SMILES string of the molecule is CNC(c1cc(OC)cs1)c1ccc(C)s1. The Morgan fingerprint density at radius 2 is 2.12 bits per heavy atom. The van der Waals surface area contributed by atoms with Crippen molar-refractivity contribution in [3.05, 3.63) is 38.2 Å². The summed E-state index contributed by atoms with van der Waals surface area (Å²) in [6, 6.07) is 6.73. The Kier molecular flexibility index (Phi) is 3.63. The fourth-order valence-corrected chi connectivity index (χ4v) is 3.69. The van der Waals surface area contributed by atoms with E-state index >= 15 is 0 Å². The summed E-state index contributed by atoms with van der Waals surface area (Å²) in [6.45, 7) is 2.13. The maximum absolute atomic E-state index is 5.22. The van der Waals surface area contributed by atoms with Crippen molar-refractivity contribution in [3.8, 4) is 5.75 Å². The third-order valence-electron chi connectivity index (χ3n) is 2.45. The minimum Gasteiger partial charge on any atom is -0.496 e. The minimum atomic E-state index is 0.285. The van der Waals surface area contributed by atoms with Crippen LogP contribution in [0.1, 0.15) is 20.7 Å². The van der Waals surface area contributed by atoms with Gasteiger partial charge in [0.05, 0.1) is 13.2 Å². The van der Waals surface area contributed by atoms with Gasteiger partial charge < -0.3 is 10.1 Å². The normalized spacial score (nSPS) is 12.7. The molecule has 1 unspecified atom stereocenters. The van der Waals surface area contributed by atoms with Gasteiger partial charge in [-0.3, -0.25) is 0 Å². The zero-order chi connectivity index (χ0) is 11.5. The fraction of sp³-hybridized carbons (Fsp3) is 0.333. The summed E-state index contributed by atoms with van der Waals surface area (Å²) >= 11 is 3.57. The lowest BCUT2D eigenvalue weighted by Gasteiger charge is -2.11. The summed E-state index contributed by atoms with van der Waals surface area (Å²) in [4.78, 5) is 3.99. The number of thiophene rings is 2. The van der Waals surface area contributed by atoms with E-state index in [9.17, 15) is 0 Å². The van der Waals surface area contributed by atoms with Crippen LogP contribution in [0.15, 0.2) is 23.6 Å². The van der Waals surface area contributed by atoms with Crippen LogP contribution in [-0.2, 0) is 0 Å². The highest BCUT2D eigenvalue weighted by atomic mass is 32.1. The summed E-state index contributed by atoms with van der Waals surface area (Å²) < 4.78 is 5.22. The second-order valence-electron chi connectivity index (χ2n) is 3.56. The molecule has 2 heterocycles. The van der Waals surface area contributed by atoms with Gasteiger partial charge in [0.25, 0.3) is 0 Å². The zero-order valence-electron chi connectivity index (χ0n) is 9.61. The molecule has 0 saturated carbocycles. The van der Waals surface area contributed by atoms with Gasteiger partial charge in [-0.05, 0) is 32.2 Å². The standard InChI is InChI=1S/C12H15NOS2/c1-8-4-5-10(16-8)12(13-2)11-6-9(14-3)7-15-11/h4-7,12-13H,1-3H3. The number of rotatable bonds is 4. The van der Waals surface area contributed by atoms with Gasteiger partial charge in [0.2, 0.25) is 0 Å². The topological polar surface area (TPSA) is 21.3 Å². The maximum atomic E-state index is 5.22. The van der Waals surface area contributed by atoms with Gasteiger partial charge in [-0.15, -0.1) is 22.7 Å². The highest BCUT2D eigenvalue weighted by molar-refractivity contribution is 7.13. The molecule has 4 heteroatoms. The smallest absolute Gasteiger partial charge is 0.129 e. The van der Waals surface area contributed by atoms with Crippen molar-refractivity contribution in [2.75, 3.05) is 14.2 Å². The quantitative estimate of drug-likeness (QED) is 0.901. The van der Waals surface area contributed by atoms with Crippen molar-refractivity contribution in [1.29, 1.82) is 0 Å². The molecule has 16 heavy (non-hydrogen) atoms. The van der Waals surface area contributed by atoms with Crippen LogP contribution in [0.5, 0.6) is 5.75 Å². The number of nitrogens with one attached hydrogen (secondary N) is 1. The second kappa shape index (κ2) is 4.99. The molecule has 0 fully saturated rings. The van der Waals surface area contributed by atoms with Crippen molar-refractivity contribution in [3.63, 3.8) is 0 Å². The zero-order valence-corrected chi connectivity index (χ0v) is 11.2. The van der Waals surface area contributed by atoms with Crippen molar-refractivity contribution in [2.24, 2.45) is 0 Å². The van der Waals surface area contributed by atoms with Crippen LogP contribution in [0, 0.1) is 6.92 Å². The molecule has 0 aromatic carbocycles. The van der Waals surface area contributed by atoms with Gasteiger partial charge in [0.15, 0.2) is 0 Å². The summed E-state index contributed by atoms with van der Waals surface area (Å²) in [7, 11) is 3.70. The highest BCUT2D eigenvalue weighted by Gasteiger charge is 2.16. The first-order chi connectivity index (χ1) is 7.74. The molecule has 2 nitrogen and oxygen atoms in total. The van der Waals surface area contributed by atoms with Crippen LogP contribution in [-0.4, -0.2) is 14.2 Å². The number of aryl methyl sites for hydroxylation is 1. The molecule has 0 radical (unpaired) electrons. The Balaban J connectivity index is 2.28. The molecule has 2 aromatic rings. The Morgan fingerprint density at radius 1 is 1.31 bits per heavy atom. The molecule has 0 bridgehead atoms. The van der Waals surface area contributed by atoms with Gasteiger partial charge in [-0.1, -0.05) is 0 Å². The lowest BCUT2D eigenvalue weighted by atomic mass is 10.2. The van der Waals surface area contributed by atoms with Gasteiger partial charge >= 0.3 is 0 Å². The first kappa shape index (κ1) is 11.6. The number of hydrogen-bond acceptors (Lipinski definition) is 4. The van der Waals surface area contributed by atoms with Crippen LogP contribution in [0.3, 0.4) is 0 Å². The van der Waals surface area contributed by atoms with Crippen LogP contribution < -0.4 is 10.1 Å². The predicted molar refractivity (Wildman–Crippen MR) is 70.8 cm³/mol. The number of hydrogen-bond donors (Lipinski definition) is 1. The fourth-order valence-electron chi connectivity index (χ4n) is 1.63. The van der Waals surface area contributed by atoms with Gasteiger partial charge in [0, 0.05) is 20.0 Å². The van der Waals surface area contributed by atoms with E-state index in [1.165, 1.54) is 14.6 Å². The summed E-state index contributed by atoms with van der Waals surface area (Å²) in [5, 5.41) is 5.39. The van der Waals surface area contributed by atoms with E-state index in [1.807, 2.05) is 23.8 Å². The summed E-state index contributed by atoms with van der Waals surface area (Å²) in [6.07, 6.45) is 0. The van der Waals surface area contributed by atoms with E-state index in [0.29, 0.717) is 0 Å². The van der Waals surface area contributed by atoms with E-state index in [1.54, 1.807) is 18.4 Å². The van der Waals surface area contributed by atoms with Crippen LogP contribution in [0.4, 0.5) is 0 Å². The summed E-state index contributed by atoms with van der Waals surface area (Å²) in [5.74, 6) is 0.938. The van der Waals surface area contributed by atoms with E-state index in [2.05, 4.69) is 30.4 Å². The average molecular weight is 253 g/mol.